The Balaban J connectivity index is 1.68. The second kappa shape index (κ2) is 8.87. The maximum atomic E-state index is 14.3. The molecule has 34 heavy (non-hydrogen) atoms. The van der Waals surface area contributed by atoms with Gasteiger partial charge in [-0.2, -0.15) is 0 Å². The highest BCUT2D eigenvalue weighted by molar-refractivity contribution is 6.01. The number of nitrogens with two attached hydrogens (primary N) is 1. The van der Waals surface area contributed by atoms with Crippen molar-refractivity contribution in [2.24, 2.45) is 0 Å². The molecule has 0 saturated carbocycles. The van der Waals surface area contributed by atoms with Gasteiger partial charge < -0.3 is 19.8 Å². The molecule has 0 aliphatic heterocycles. The highest BCUT2D eigenvalue weighted by Gasteiger charge is 2.25. The van der Waals surface area contributed by atoms with E-state index < -0.39 is 11.9 Å². The van der Waals surface area contributed by atoms with Gasteiger partial charge >= 0.3 is 0 Å². The van der Waals surface area contributed by atoms with Crippen molar-refractivity contribution in [1.29, 1.82) is 0 Å². The highest BCUT2D eigenvalue weighted by Crippen LogP contribution is 2.38. The Labute approximate surface area is 193 Å². The number of pyridine rings is 1. The molecule has 0 radical (unpaired) electrons. The number of fused-ring (bicyclic) bond motifs is 1. The molecule has 0 bridgehead atoms. The molecule has 5 aromatic rings. The highest BCUT2D eigenvalue weighted by atomic mass is 19.1. The summed E-state index contributed by atoms with van der Waals surface area (Å²) in [5.41, 5.74) is 9.20. The molecular weight excluding hydrogens is 439 g/mol. The van der Waals surface area contributed by atoms with Crippen LogP contribution in [0.4, 0.5) is 10.2 Å². The van der Waals surface area contributed by atoms with Crippen LogP contribution in [-0.2, 0) is 4.74 Å². The third kappa shape index (κ3) is 3.61. The summed E-state index contributed by atoms with van der Waals surface area (Å²) in [6.07, 6.45) is 6.61. The first-order valence-corrected chi connectivity index (χ1v) is 10.4. The van der Waals surface area contributed by atoms with Crippen molar-refractivity contribution < 1.29 is 13.9 Å². The quantitative estimate of drug-likeness (QED) is 0.394. The van der Waals surface area contributed by atoms with Crippen molar-refractivity contribution >= 4 is 16.9 Å². The van der Waals surface area contributed by atoms with Crippen molar-refractivity contribution in [3.05, 3.63) is 72.8 Å². The molecule has 2 N–H and O–H groups in total. The summed E-state index contributed by atoms with van der Waals surface area (Å²) in [5.74, 6) is 0.356. The molecule has 0 spiro atoms. The minimum absolute atomic E-state index is 0.257. The molecule has 1 atom stereocenters. The Morgan fingerprint density at radius 3 is 2.68 bits per heavy atom. The molecule has 1 aromatic carbocycles. The van der Waals surface area contributed by atoms with Gasteiger partial charge in [-0.15, -0.1) is 5.10 Å². The van der Waals surface area contributed by atoms with E-state index >= 15 is 0 Å². The van der Waals surface area contributed by atoms with Crippen LogP contribution >= 0.6 is 0 Å². The number of aromatic nitrogens is 7. The van der Waals surface area contributed by atoms with Crippen molar-refractivity contribution in [3.63, 3.8) is 0 Å². The van der Waals surface area contributed by atoms with E-state index in [0.717, 1.165) is 11.1 Å². The second-order valence-corrected chi connectivity index (χ2v) is 7.48. The van der Waals surface area contributed by atoms with E-state index in [9.17, 15) is 4.39 Å². The van der Waals surface area contributed by atoms with Crippen molar-refractivity contribution in [3.8, 4) is 22.7 Å². The van der Waals surface area contributed by atoms with Gasteiger partial charge in [0.15, 0.2) is 0 Å². The number of benzene rings is 1. The molecule has 172 valence electrons. The molecule has 0 aliphatic rings. The number of hydrogen-bond acceptors (Lipinski definition) is 8. The fourth-order valence-electron chi connectivity index (χ4n) is 3.96. The van der Waals surface area contributed by atoms with Gasteiger partial charge in [-0.1, -0.05) is 17.3 Å². The largest absolute Gasteiger partial charge is 0.481 e. The number of ether oxygens (including phenoxy) is 2. The van der Waals surface area contributed by atoms with E-state index in [1.165, 1.54) is 17.1 Å². The van der Waals surface area contributed by atoms with Crippen molar-refractivity contribution in [2.45, 2.75) is 6.04 Å². The fraction of sp³-hybridized carbons (Fsp3) is 0.174. The van der Waals surface area contributed by atoms with E-state index in [1.807, 2.05) is 22.9 Å². The van der Waals surface area contributed by atoms with E-state index in [4.69, 9.17) is 15.2 Å². The Hall–Kier alpha value is -4.38. The average molecular weight is 460 g/mol. The van der Waals surface area contributed by atoms with Crippen LogP contribution < -0.4 is 10.5 Å². The lowest BCUT2D eigenvalue weighted by molar-refractivity contribution is 0.169. The number of methoxy groups -OCH3 is 2. The Bertz CT molecular complexity index is 1460. The van der Waals surface area contributed by atoms with Crippen molar-refractivity contribution in [1.82, 2.24) is 34.5 Å². The van der Waals surface area contributed by atoms with Crippen LogP contribution in [0.3, 0.4) is 0 Å². The number of nitrogens with zero attached hydrogens (tertiary/aromatic N) is 7. The predicted molar refractivity (Wildman–Crippen MR) is 123 cm³/mol. The number of nitrogen functional groups attached to an aromatic ring is 1. The molecule has 4 heterocycles. The lowest BCUT2D eigenvalue weighted by atomic mass is 10.1. The summed E-state index contributed by atoms with van der Waals surface area (Å²) < 4.78 is 28.6. The summed E-state index contributed by atoms with van der Waals surface area (Å²) in [5, 5.41) is 9.09. The number of hydrogen-bond donors (Lipinski definition) is 1. The zero-order valence-corrected chi connectivity index (χ0v) is 18.5. The predicted octanol–water partition coefficient (Wildman–Crippen LogP) is 3.04. The minimum Gasteiger partial charge on any atom is -0.481 e. The number of para-hydroxylation sites is 1. The number of anilines is 1. The van der Waals surface area contributed by atoms with Crippen LogP contribution in [0.15, 0.2) is 61.3 Å². The summed E-state index contributed by atoms with van der Waals surface area (Å²) in [6, 6.07) is 9.62. The van der Waals surface area contributed by atoms with E-state index in [-0.39, 0.29) is 6.61 Å². The van der Waals surface area contributed by atoms with Crippen LogP contribution in [0, 0.1) is 5.82 Å². The third-order valence-electron chi connectivity index (χ3n) is 5.51. The van der Waals surface area contributed by atoms with Gasteiger partial charge in [-0.25, -0.2) is 24.0 Å². The Morgan fingerprint density at radius 2 is 1.88 bits per heavy atom. The zero-order valence-electron chi connectivity index (χ0n) is 18.5. The van der Waals surface area contributed by atoms with Crippen LogP contribution in [0.2, 0.25) is 0 Å². The minimum atomic E-state index is -0.432. The normalized spacial score (nSPS) is 12.2. The second-order valence-electron chi connectivity index (χ2n) is 7.48. The lowest BCUT2D eigenvalue weighted by Crippen LogP contribution is -2.16. The van der Waals surface area contributed by atoms with Gasteiger partial charge in [0.2, 0.25) is 5.88 Å². The molecule has 11 heteroatoms. The monoisotopic (exact) mass is 460 g/mol. The van der Waals surface area contributed by atoms with Crippen LogP contribution in [0.1, 0.15) is 11.7 Å². The van der Waals surface area contributed by atoms with Gasteiger partial charge in [-0.3, -0.25) is 0 Å². The molecular formula is C23H21FN8O2. The lowest BCUT2D eigenvalue weighted by Gasteiger charge is -2.16. The first-order chi connectivity index (χ1) is 16.6. The standard InChI is InChI=1S/C23H21FN8O2/c1-33-12-19(17-11-32(30-29-17)18-8-4-3-7-16(18)24)31-10-15(14-6-5-9-26-23(14)34-2)20-21(25)27-13-28-22(20)31/h3-11,13,19H,12H2,1-2H3,(H2,25,27,28). The molecule has 0 amide bonds. The summed E-state index contributed by atoms with van der Waals surface area (Å²) in [4.78, 5) is 13.0. The van der Waals surface area contributed by atoms with Crippen molar-refractivity contribution in [2.75, 3.05) is 26.6 Å². The molecule has 0 saturated heterocycles. The summed E-state index contributed by atoms with van der Waals surface area (Å²) >= 11 is 0. The molecule has 4 aromatic heterocycles. The maximum absolute atomic E-state index is 14.3. The first kappa shape index (κ1) is 21.5. The molecule has 5 rings (SSSR count). The number of rotatable bonds is 7. The fourth-order valence-corrected chi connectivity index (χ4v) is 3.96. The van der Waals surface area contributed by atoms with E-state index in [1.54, 1.807) is 44.8 Å². The average Bonchev–Trinajstić information content (AvgIpc) is 3.49. The zero-order chi connectivity index (χ0) is 23.7. The first-order valence-electron chi connectivity index (χ1n) is 10.4. The summed E-state index contributed by atoms with van der Waals surface area (Å²) in [6.45, 7) is 0.257. The van der Waals surface area contributed by atoms with Gasteiger partial charge in [-0.05, 0) is 24.3 Å². The SMILES string of the molecule is COCC(c1cn(-c2ccccc2F)nn1)n1cc(-c2cccnc2OC)c2c(N)ncnc21. The third-order valence-corrected chi connectivity index (χ3v) is 5.51. The topological polar surface area (TPSA) is 119 Å². The van der Waals surface area contributed by atoms with Gasteiger partial charge in [0.05, 0.1) is 25.3 Å². The molecule has 10 nitrogen and oxygen atoms in total. The molecule has 1 unspecified atom stereocenters. The molecule has 0 fully saturated rings. The Morgan fingerprint density at radius 1 is 1.03 bits per heavy atom. The Kier molecular flexibility index (Phi) is 5.60. The van der Waals surface area contributed by atoms with Gasteiger partial charge in [0, 0.05) is 30.6 Å². The molecule has 0 aliphatic carbocycles. The van der Waals surface area contributed by atoms with Crippen LogP contribution in [0.25, 0.3) is 27.8 Å². The van der Waals surface area contributed by atoms with Gasteiger partial charge in [0.1, 0.15) is 41.0 Å². The smallest absolute Gasteiger partial charge is 0.221 e. The van der Waals surface area contributed by atoms with E-state index in [2.05, 4.69) is 25.3 Å². The van der Waals surface area contributed by atoms with Crippen LogP contribution in [-0.4, -0.2) is 55.3 Å². The van der Waals surface area contributed by atoms with Crippen LogP contribution in [0.5, 0.6) is 5.88 Å². The van der Waals surface area contributed by atoms with E-state index in [0.29, 0.717) is 34.1 Å². The van der Waals surface area contributed by atoms with Gasteiger partial charge in [0.25, 0.3) is 0 Å². The maximum Gasteiger partial charge on any atom is 0.221 e. The number of halogens is 1. The summed E-state index contributed by atoms with van der Waals surface area (Å²) in [7, 11) is 3.15.